The van der Waals surface area contributed by atoms with E-state index in [1.54, 1.807) is 12.1 Å². The molecule has 5 aromatic rings. The summed E-state index contributed by atoms with van der Waals surface area (Å²) in [5.41, 5.74) is -0.598. The molecule has 0 radical (unpaired) electrons. The fourth-order valence-corrected chi connectivity index (χ4v) is 6.08. The number of carbonyl (C=O) groups is 4. The second kappa shape index (κ2) is 16.1. The van der Waals surface area contributed by atoms with Crippen LogP contribution in [0.1, 0.15) is 41.4 Å². The summed E-state index contributed by atoms with van der Waals surface area (Å²) in [7, 11) is -4.06. The smallest absolute Gasteiger partial charge is 0.336 e. The summed E-state index contributed by atoms with van der Waals surface area (Å²) >= 11 is 0. The van der Waals surface area contributed by atoms with Gasteiger partial charge in [-0.1, -0.05) is 24.6 Å². The molecule has 5 rings (SSSR count). The first-order chi connectivity index (χ1) is 25.0. The molecule has 2 amide bonds. The Bertz CT molecular complexity index is 2280. The zero-order valence-corrected chi connectivity index (χ0v) is 27.8. The van der Waals surface area contributed by atoms with Gasteiger partial charge < -0.3 is 35.1 Å². The van der Waals surface area contributed by atoms with Crippen molar-refractivity contribution in [3.8, 4) is 29.8 Å². The van der Waals surface area contributed by atoms with Crippen LogP contribution in [0.15, 0.2) is 125 Å². The molecule has 4 N–H and O–H groups in total. The Hall–Kier alpha value is -7.11. The van der Waals surface area contributed by atoms with Crippen LogP contribution < -0.4 is 24.8 Å². The summed E-state index contributed by atoms with van der Waals surface area (Å²) in [6.07, 6.45) is 7.05. The second-order valence-corrected chi connectivity index (χ2v) is 12.7. The van der Waals surface area contributed by atoms with E-state index in [0.29, 0.717) is 5.75 Å². The first-order valence-electron chi connectivity index (χ1n) is 15.2. The quantitative estimate of drug-likeness (QED) is 0.0794. The third-order valence-electron chi connectivity index (χ3n) is 7.32. The lowest BCUT2D eigenvalue weighted by Crippen LogP contribution is -2.17. The van der Waals surface area contributed by atoms with Gasteiger partial charge in [-0.25, -0.2) is 18.0 Å². The van der Waals surface area contributed by atoms with Crippen LogP contribution in [0.4, 0.5) is 11.4 Å². The minimum absolute atomic E-state index is 0.0788. The first kappa shape index (κ1) is 36.2. The van der Waals surface area contributed by atoms with Gasteiger partial charge in [-0.3, -0.25) is 9.59 Å². The number of aromatic carboxylic acids is 2. The Balaban J connectivity index is 1.24. The highest BCUT2D eigenvalue weighted by molar-refractivity contribution is 7.91. The number of benzene rings is 5. The van der Waals surface area contributed by atoms with Crippen LogP contribution in [-0.2, 0) is 9.84 Å². The van der Waals surface area contributed by atoms with Gasteiger partial charge in [-0.15, -0.1) is 0 Å². The molecule has 0 aliphatic rings. The second-order valence-electron chi connectivity index (χ2n) is 10.7. The number of hydrogen-bond acceptors (Lipinski definition) is 9. The molecule has 0 heterocycles. The molecule has 5 aromatic carbocycles. The van der Waals surface area contributed by atoms with Gasteiger partial charge in [0.05, 0.1) is 32.0 Å². The van der Waals surface area contributed by atoms with Crippen LogP contribution in [0, 0.1) is 12.5 Å². The molecule has 0 saturated heterocycles. The van der Waals surface area contributed by atoms with Crippen molar-refractivity contribution in [3.63, 3.8) is 0 Å². The topological polar surface area (TPSA) is 195 Å². The monoisotopic (exact) mass is 720 g/mol. The number of carboxylic acid groups (broad SMARTS) is 2. The summed E-state index contributed by atoms with van der Waals surface area (Å²) in [6, 6.07) is 27.1. The standard InChI is InChI=1S/C38H28N2O11S/c1-2-49-27-12-18-31(37(43)44)33(22-27)35(41)39-24-8-14-29(15-9-24)52(47,48)30-16-10-25(11-17-30)40-36(42)34-23-28(13-19-32(34)38(45)46)51-21-20-50-26-6-4-3-5-7-26/h1,3-19,22-23H,20-21H2,(H,39,41)(H,40,42)(H,43,44)(H,45,46). The normalized spacial score (nSPS) is 10.7. The summed E-state index contributed by atoms with van der Waals surface area (Å²) in [5.74, 6) is -3.26. The van der Waals surface area contributed by atoms with Crippen LogP contribution in [0.3, 0.4) is 0 Å². The first-order valence-corrected chi connectivity index (χ1v) is 16.7. The van der Waals surface area contributed by atoms with Crippen LogP contribution in [0.25, 0.3) is 0 Å². The number of hydrogen-bond donors (Lipinski definition) is 4. The van der Waals surface area contributed by atoms with E-state index in [0.717, 1.165) is 0 Å². The molecule has 0 spiro atoms. The van der Waals surface area contributed by atoms with Gasteiger partial charge in [0, 0.05) is 11.4 Å². The minimum Gasteiger partial charge on any atom is -0.490 e. The van der Waals surface area contributed by atoms with Crippen molar-refractivity contribution >= 4 is 45.0 Å². The molecular weight excluding hydrogens is 692 g/mol. The van der Waals surface area contributed by atoms with Crippen molar-refractivity contribution in [1.82, 2.24) is 0 Å². The molecule has 0 saturated carbocycles. The zero-order chi connectivity index (χ0) is 37.3. The average Bonchev–Trinajstić information content (AvgIpc) is 3.14. The molecule has 262 valence electrons. The van der Waals surface area contributed by atoms with E-state index in [-0.39, 0.29) is 68.1 Å². The number of amides is 2. The van der Waals surface area contributed by atoms with Crippen molar-refractivity contribution in [2.24, 2.45) is 0 Å². The van der Waals surface area contributed by atoms with Crippen molar-refractivity contribution in [3.05, 3.63) is 138 Å². The number of terminal acetylenes is 1. The zero-order valence-electron chi connectivity index (χ0n) is 26.9. The van der Waals surface area contributed by atoms with Crippen LogP contribution in [0.2, 0.25) is 0 Å². The maximum Gasteiger partial charge on any atom is 0.336 e. The molecule has 0 aliphatic heterocycles. The average molecular weight is 721 g/mol. The highest BCUT2D eigenvalue weighted by atomic mass is 32.2. The number of ether oxygens (including phenoxy) is 3. The summed E-state index contributed by atoms with van der Waals surface area (Å²) < 4.78 is 42.8. The molecular formula is C38H28N2O11S. The number of nitrogens with one attached hydrogen (secondary N) is 2. The van der Waals surface area contributed by atoms with Crippen molar-refractivity contribution in [2.75, 3.05) is 23.8 Å². The van der Waals surface area contributed by atoms with E-state index in [1.165, 1.54) is 84.9 Å². The molecule has 14 heteroatoms. The highest BCUT2D eigenvalue weighted by Gasteiger charge is 2.22. The van der Waals surface area contributed by atoms with Crippen LogP contribution in [0.5, 0.6) is 17.2 Å². The number of para-hydroxylation sites is 1. The third-order valence-corrected chi connectivity index (χ3v) is 9.10. The largest absolute Gasteiger partial charge is 0.490 e. The van der Waals surface area contributed by atoms with Gasteiger partial charge >= 0.3 is 11.9 Å². The lowest BCUT2D eigenvalue weighted by atomic mass is 10.1. The number of rotatable bonds is 14. The predicted octanol–water partition coefficient (Wildman–Crippen LogP) is 5.85. The third kappa shape index (κ3) is 8.72. The Labute approximate surface area is 297 Å². The van der Waals surface area contributed by atoms with E-state index < -0.39 is 33.6 Å². The lowest BCUT2D eigenvalue weighted by Gasteiger charge is -2.12. The summed E-state index contributed by atoms with van der Waals surface area (Å²) in [4.78, 5) is 49.3. The molecule has 13 nitrogen and oxygen atoms in total. The summed E-state index contributed by atoms with van der Waals surface area (Å²) in [6.45, 7) is 0.332. The SMILES string of the molecule is C#COc1ccc(C(=O)O)c(C(=O)Nc2ccc(S(=O)(=O)c3ccc(NC(=O)c4cc(OCCOc5ccccc5)ccc4C(=O)O)cc3)cc2)c1. The molecule has 0 fully saturated rings. The molecule has 0 bridgehead atoms. The minimum atomic E-state index is -4.06. The van der Waals surface area contributed by atoms with E-state index >= 15 is 0 Å². The predicted molar refractivity (Wildman–Crippen MR) is 188 cm³/mol. The highest BCUT2D eigenvalue weighted by Crippen LogP contribution is 2.26. The fourth-order valence-electron chi connectivity index (χ4n) is 4.82. The molecule has 0 aliphatic carbocycles. The van der Waals surface area contributed by atoms with E-state index in [1.807, 2.05) is 24.3 Å². The van der Waals surface area contributed by atoms with Crippen LogP contribution >= 0.6 is 0 Å². The number of sulfone groups is 1. The van der Waals surface area contributed by atoms with Crippen molar-refractivity contribution in [2.45, 2.75) is 9.79 Å². The van der Waals surface area contributed by atoms with Gasteiger partial charge in [0.2, 0.25) is 9.84 Å². The molecule has 0 aromatic heterocycles. The van der Waals surface area contributed by atoms with Crippen molar-refractivity contribution in [1.29, 1.82) is 0 Å². The number of anilines is 2. The Morgan fingerprint density at radius 1 is 0.577 bits per heavy atom. The van der Waals surface area contributed by atoms with E-state index in [2.05, 4.69) is 10.6 Å². The number of carbonyl (C=O) groups excluding carboxylic acids is 2. The lowest BCUT2D eigenvalue weighted by molar-refractivity contribution is 0.0683. The van der Waals surface area contributed by atoms with Gasteiger partial charge in [0.25, 0.3) is 11.8 Å². The Kier molecular flexibility index (Phi) is 11.2. The fraction of sp³-hybridized carbons (Fsp3) is 0.0526. The maximum absolute atomic E-state index is 13.4. The van der Waals surface area contributed by atoms with Gasteiger partial charge in [-0.05, 0) is 97.1 Å². The molecule has 0 unspecified atom stereocenters. The van der Waals surface area contributed by atoms with Gasteiger partial charge in [0.15, 0.2) is 0 Å². The summed E-state index contributed by atoms with van der Waals surface area (Å²) in [5, 5.41) is 24.2. The Morgan fingerprint density at radius 2 is 1.02 bits per heavy atom. The number of carboxylic acids is 2. The van der Waals surface area contributed by atoms with Gasteiger partial charge in [-0.2, -0.15) is 0 Å². The van der Waals surface area contributed by atoms with Gasteiger partial charge in [0.1, 0.15) is 36.6 Å². The molecule has 0 atom stereocenters. The maximum atomic E-state index is 13.4. The van der Waals surface area contributed by atoms with Crippen molar-refractivity contribution < 1.29 is 52.0 Å². The Morgan fingerprint density at radius 3 is 1.48 bits per heavy atom. The van der Waals surface area contributed by atoms with E-state index in [9.17, 15) is 37.8 Å². The van der Waals surface area contributed by atoms with Crippen LogP contribution in [-0.4, -0.2) is 55.6 Å². The van der Waals surface area contributed by atoms with E-state index in [4.69, 9.17) is 20.6 Å². The molecule has 52 heavy (non-hydrogen) atoms.